The number of nitrogens with one attached hydrogen (secondary N) is 1. The van der Waals surface area contributed by atoms with E-state index in [1.165, 1.54) is 18.2 Å². The van der Waals surface area contributed by atoms with Gasteiger partial charge in [0.05, 0.1) is 11.4 Å². The minimum absolute atomic E-state index is 0.193. The van der Waals surface area contributed by atoms with Crippen molar-refractivity contribution in [3.8, 4) is 0 Å². The summed E-state index contributed by atoms with van der Waals surface area (Å²) in [6, 6.07) is 8.80. The van der Waals surface area contributed by atoms with Crippen LogP contribution in [0.25, 0.3) is 0 Å². The van der Waals surface area contributed by atoms with Gasteiger partial charge in [-0.3, -0.25) is 0 Å². The Bertz CT molecular complexity index is 555. The van der Waals surface area contributed by atoms with Crippen molar-refractivity contribution in [3.63, 3.8) is 0 Å². The van der Waals surface area contributed by atoms with E-state index in [0.29, 0.717) is 5.02 Å². The second-order valence-electron chi connectivity index (χ2n) is 3.73. The van der Waals surface area contributed by atoms with Crippen LogP contribution in [0.2, 0.25) is 5.02 Å². The van der Waals surface area contributed by atoms with Gasteiger partial charge in [-0.25, -0.2) is 8.78 Å². The molecule has 88 valence electrons. The molecule has 0 amide bonds. The van der Waals surface area contributed by atoms with Gasteiger partial charge < -0.3 is 5.32 Å². The summed E-state index contributed by atoms with van der Waals surface area (Å²) in [7, 11) is 0. The zero-order valence-corrected chi connectivity index (χ0v) is 9.85. The molecule has 2 aromatic rings. The Labute approximate surface area is 103 Å². The molecule has 0 spiro atoms. The Kier molecular flexibility index (Phi) is 3.29. The van der Waals surface area contributed by atoms with E-state index in [2.05, 4.69) is 5.32 Å². The normalized spacial score (nSPS) is 10.4. The Morgan fingerprint density at radius 1 is 0.941 bits per heavy atom. The van der Waals surface area contributed by atoms with Gasteiger partial charge in [-0.2, -0.15) is 0 Å². The predicted octanol–water partition coefficient (Wildman–Crippen LogP) is 4.67. The maximum absolute atomic E-state index is 13.5. The molecular formula is C13H10ClF2N. The first kappa shape index (κ1) is 11.9. The van der Waals surface area contributed by atoms with Gasteiger partial charge in [-0.15, -0.1) is 0 Å². The Hall–Kier alpha value is -1.61. The fraction of sp³-hybridized carbons (Fsp3) is 0.0769. The van der Waals surface area contributed by atoms with Gasteiger partial charge in [-0.05, 0) is 42.8 Å². The first-order valence-corrected chi connectivity index (χ1v) is 5.42. The van der Waals surface area contributed by atoms with E-state index < -0.39 is 11.6 Å². The lowest BCUT2D eigenvalue weighted by Gasteiger charge is -2.09. The molecule has 0 radical (unpaired) electrons. The molecule has 2 aromatic carbocycles. The summed E-state index contributed by atoms with van der Waals surface area (Å²) in [4.78, 5) is 0. The molecule has 2 rings (SSSR count). The van der Waals surface area contributed by atoms with Crippen LogP contribution >= 0.6 is 11.6 Å². The molecule has 0 bridgehead atoms. The summed E-state index contributed by atoms with van der Waals surface area (Å²) in [5.74, 6) is -0.941. The lowest BCUT2D eigenvalue weighted by atomic mass is 10.2. The van der Waals surface area contributed by atoms with Crippen molar-refractivity contribution in [2.75, 3.05) is 5.32 Å². The fourth-order valence-electron chi connectivity index (χ4n) is 1.47. The van der Waals surface area contributed by atoms with Crippen molar-refractivity contribution < 1.29 is 8.78 Å². The Balaban J connectivity index is 2.34. The number of anilines is 2. The molecular weight excluding hydrogens is 244 g/mol. The van der Waals surface area contributed by atoms with Gasteiger partial charge in [-0.1, -0.05) is 17.7 Å². The molecule has 0 saturated heterocycles. The summed E-state index contributed by atoms with van der Waals surface area (Å²) in [5, 5.41) is 3.00. The lowest BCUT2D eigenvalue weighted by molar-refractivity contribution is 0.625. The molecule has 1 nitrogen and oxygen atoms in total. The van der Waals surface area contributed by atoms with Crippen molar-refractivity contribution in [2.24, 2.45) is 0 Å². The van der Waals surface area contributed by atoms with E-state index in [0.717, 1.165) is 5.56 Å². The van der Waals surface area contributed by atoms with Crippen LogP contribution in [-0.2, 0) is 0 Å². The summed E-state index contributed by atoms with van der Waals surface area (Å²) in [5.41, 5.74) is 1.33. The summed E-state index contributed by atoms with van der Waals surface area (Å²) < 4.78 is 27.0. The van der Waals surface area contributed by atoms with Crippen molar-refractivity contribution in [1.29, 1.82) is 0 Å². The molecule has 0 atom stereocenters. The zero-order chi connectivity index (χ0) is 12.4. The smallest absolute Gasteiger partial charge is 0.148 e. The molecule has 0 unspecified atom stereocenters. The van der Waals surface area contributed by atoms with E-state index in [1.807, 2.05) is 6.92 Å². The number of rotatable bonds is 2. The van der Waals surface area contributed by atoms with Crippen LogP contribution in [0.1, 0.15) is 5.56 Å². The molecule has 4 heteroatoms. The SMILES string of the molecule is Cc1ccc(F)c(Nc2ccc(Cl)cc2F)c1. The van der Waals surface area contributed by atoms with E-state index in [-0.39, 0.29) is 11.4 Å². The molecule has 17 heavy (non-hydrogen) atoms. The van der Waals surface area contributed by atoms with Crippen molar-refractivity contribution >= 4 is 23.0 Å². The standard InChI is InChI=1S/C13H10ClF2N/c1-8-2-4-10(15)13(6-8)17-12-5-3-9(14)7-11(12)16/h2-7,17H,1H3. The van der Waals surface area contributed by atoms with Gasteiger partial charge >= 0.3 is 0 Å². The van der Waals surface area contributed by atoms with Crippen LogP contribution in [0.15, 0.2) is 36.4 Å². The number of hydrogen-bond donors (Lipinski definition) is 1. The van der Waals surface area contributed by atoms with Crippen molar-refractivity contribution in [3.05, 3.63) is 58.6 Å². The van der Waals surface area contributed by atoms with Crippen LogP contribution in [0, 0.1) is 18.6 Å². The molecule has 0 fully saturated rings. The molecule has 0 aliphatic heterocycles. The zero-order valence-electron chi connectivity index (χ0n) is 9.10. The third kappa shape index (κ3) is 2.74. The maximum atomic E-state index is 13.5. The summed E-state index contributed by atoms with van der Waals surface area (Å²) in [6.45, 7) is 1.84. The third-order valence-electron chi connectivity index (χ3n) is 2.32. The number of aryl methyl sites for hydroxylation is 1. The minimum atomic E-state index is -0.515. The van der Waals surface area contributed by atoms with Crippen LogP contribution in [0.3, 0.4) is 0 Å². The van der Waals surface area contributed by atoms with Crippen molar-refractivity contribution in [2.45, 2.75) is 6.92 Å². The highest BCUT2D eigenvalue weighted by Gasteiger charge is 2.06. The van der Waals surface area contributed by atoms with Crippen LogP contribution in [-0.4, -0.2) is 0 Å². The molecule has 0 aliphatic rings. The number of benzene rings is 2. The first-order chi connectivity index (χ1) is 8.06. The third-order valence-corrected chi connectivity index (χ3v) is 2.56. The Morgan fingerprint density at radius 3 is 2.41 bits per heavy atom. The van der Waals surface area contributed by atoms with E-state index >= 15 is 0 Å². The van der Waals surface area contributed by atoms with Crippen LogP contribution in [0.4, 0.5) is 20.2 Å². The molecule has 1 N–H and O–H groups in total. The predicted molar refractivity (Wildman–Crippen MR) is 65.8 cm³/mol. The Morgan fingerprint density at radius 2 is 1.71 bits per heavy atom. The highest BCUT2D eigenvalue weighted by atomic mass is 35.5. The molecule has 0 saturated carbocycles. The van der Waals surface area contributed by atoms with Gasteiger partial charge in [0.1, 0.15) is 11.6 Å². The minimum Gasteiger partial charge on any atom is -0.351 e. The fourth-order valence-corrected chi connectivity index (χ4v) is 1.63. The van der Waals surface area contributed by atoms with E-state index in [9.17, 15) is 8.78 Å². The monoisotopic (exact) mass is 253 g/mol. The van der Waals surface area contributed by atoms with Gasteiger partial charge in [0, 0.05) is 5.02 Å². The quantitative estimate of drug-likeness (QED) is 0.820. The average molecular weight is 254 g/mol. The second kappa shape index (κ2) is 4.72. The van der Waals surface area contributed by atoms with Gasteiger partial charge in [0.25, 0.3) is 0 Å². The summed E-state index contributed by atoms with van der Waals surface area (Å²) in [6.07, 6.45) is 0. The van der Waals surface area contributed by atoms with Gasteiger partial charge in [0.15, 0.2) is 0 Å². The van der Waals surface area contributed by atoms with E-state index in [1.54, 1.807) is 18.2 Å². The second-order valence-corrected chi connectivity index (χ2v) is 4.17. The van der Waals surface area contributed by atoms with Gasteiger partial charge in [0.2, 0.25) is 0 Å². The van der Waals surface area contributed by atoms with E-state index in [4.69, 9.17) is 11.6 Å². The molecule has 0 heterocycles. The molecule has 0 aliphatic carbocycles. The molecule has 0 aromatic heterocycles. The maximum Gasteiger partial charge on any atom is 0.148 e. The summed E-state index contributed by atoms with van der Waals surface area (Å²) >= 11 is 5.63. The van der Waals surface area contributed by atoms with Crippen LogP contribution < -0.4 is 5.32 Å². The lowest BCUT2D eigenvalue weighted by Crippen LogP contribution is -1.96. The number of hydrogen-bond acceptors (Lipinski definition) is 1. The average Bonchev–Trinajstić information content (AvgIpc) is 2.27. The topological polar surface area (TPSA) is 12.0 Å². The number of halogens is 3. The highest BCUT2D eigenvalue weighted by Crippen LogP contribution is 2.25. The largest absolute Gasteiger partial charge is 0.351 e. The highest BCUT2D eigenvalue weighted by molar-refractivity contribution is 6.30. The first-order valence-electron chi connectivity index (χ1n) is 5.04. The van der Waals surface area contributed by atoms with Crippen molar-refractivity contribution in [1.82, 2.24) is 0 Å². The van der Waals surface area contributed by atoms with Crippen LogP contribution in [0.5, 0.6) is 0 Å².